The van der Waals surface area contributed by atoms with Gasteiger partial charge in [0.15, 0.2) is 0 Å². The van der Waals surface area contributed by atoms with Gasteiger partial charge in [-0.2, -0.15) is 0 Å². The van der Waals surface area contributed by atoms with Crippen LogP contribution < -0.4 is 10.1 Å². The third-order valence-corrected chi connectivity index (χ3v) is 2.65. The molecule has 1 aromatic rings. The van der Waals surface area contributed by atoms with E-state index in [0.29, 0.717) is 24.3 Å². The summed E-state index contributed by atoms with van der Waals surface area (Å²) in [6, 6.07) is 7.28. The Kier molecular flexibility index (Phi) is 6.12. The average Bonchev–Trinajstić information content (AvgIpc) is 2.35. The van der Waals surface area contributed by atoms with Crippen LogP contribution in [0.25, 0.3) is 0 Å². The number of hydrogen-bond acceptors (Lipinski definition) is 4. The summed E-state index contributed by atoms with van der Waals surface area (Å²) in [6.07, 6.45) is -1.19. The molecule has 0 saturated heterocycles. The van der Waals surface area contributed by atoms with Crippen LogP contribution in [0.4, 0.5) is 0 Å². The van der Waals surface area contributed by atoms with Gasteiger partial charge in [0.05, 0.1) is 12.2 Å². The van der Waals surface area contributed by atoms with Gasteiger partial charge in [0, 0.05) is 5.56 Å². The number of rotatable bonds is 7. The molecule has 0 amide bonds. The van der Waals surface area contributed by atoms with Gasteiger partial charge in [0.25, 0.3) is 0 Å². The second-order valence-corrected chi connectivity index (χ2v) is 4.61. The molecule has 102 valence electrons. The van der Waals surface area contributed by atoms with Crippen molar-refractivity contribution in [1.29, 1.82) is 0 Å². The maximum absolute atomic E-state index is 10.2. The van der Waals surface area contributed by atoms with Crippen LogP contribution in [0.3, 0.4) is 0 Å². The van der Waals surface area contributed by atoms with Crippen LogP contribution in [0.15, 0.2) is 24.3 Å². The van der Waals surface area contributed by atoms with Crippen LogP contribution in [0.2, 0.25) is 0 Å². The van der Waals surface area contributed by atoms with Crippen molar-refractivity contribution in [3.05, 3.63) is 29.8 Å². The number of aliphatic hydroxyl groups excluding tert-OH is 2. The van der Waals surface area contributed by atoms with Crippen molar-refractivity contribution in [1.82, 2.24) is 5.32 Å². The highest BCUT2D eigenvalue weighted by molar-refractivity contribution is 5.35. The van der Waals surface area contributed by atoms with E-state index in [-0.39, 0.29) is 6.10 Å². The molecule has 0 aromatic heterocycles. The molecule has 4 nitrogen and oxygen atoms in total. The van der Waals surface area contributed by atoms with E-state index in [9.17, 15) is 10.2 Å². The van der Waals surface area contributed by atoms with Crippen molar-refractivity contribution in [2.45, 2.75) is 38.6 Å². The molecular formula is C14H23NO3. The van der Waals surface area contributed by atoms with Crippen LogP contribution in [0.1, 0.15) is 31.9 Å². The first-order valence-electron chi connectivity index (χ1n) is 6.32. The molecule has 0 spiro atoms. The fourth-order valence-corrected chi connectivity index (χ4v) is 1.74. The summed E-state index contributed by atoms with van der Waals surface area (Å²) in [7, 11) is 1.81. The third-order valence-electron chi connectivity index (χ3n) is 2.65. The van der Waals surface area contributed by atoms with Gasteiger partial charge in [-0.1, -0.05) is 18.2 Å². The highest BCUT2D eigenvalue weighted by atomic mass is 16.5. The second-order valence-electron chi connectivity index (χ2n) is 4.61. The number of benzene rings is 1. The molecule has 0 fully saturated rings. The van der Waals surface area contributed by atoms with Gasteiger partial charge in [0.1, 0.15) is 11.9 Å². The highest BCUT2D eigenvalue weighted by Gasteiger charge is 2.21. The fraction of sp³-hybridized carbons (Fsp3) is 0.571. The highest BCUT2D eigenvalue weighted by Crippen LogP contribution is 2.28. The molecule has 1 aromatic carbocycles. The first-order chi connectivity index (χ1) is 8.56. The van der Waals surface area contributed by atoms with E-state index in [1.807, 2.05) is 39.1 Å². The van der Waals surface area contributed by atoms with E-state index in [2.05, 4.69) is 5.32 Å². The molecule has 0 aliphatic carbocycles. The predicted molar refractivity (Wildman–Crippen MR) is 71.7 cm³/mol. The minimum Gasteiger partial charge on any atom is -0.491 e. The van der Waals surface area contributed by atoms with Crippen molar-refractivity contribution >= 4 is 0 Å². The van der Waals surface area contributed by atoms with E-state index < -0.39 is 12.2 Å². The standard InChI is InChI=1S/C14H23NO3/c1-10(2)18-13-7-5-4-6-11(13)14(17)12(16)8-9-15-3/h4-7,10,12,14-17H,8-9H2,1-3H3. The summed E-state index contributed by atoms with van der Waals surface area (Å²) in [4.78, 5) is 0. The monoisotopic (exact) mass is 253 g/mol. The lowest BCUT2D eigenvalue weighted by atomic mass is 10.0. The molecule has 18 heavy (non-hydrogen) atoms. The van der Waals surface area contributed by atoms with E-state index >= 15 is 0 Å². The Morgan fingerprint density at radius 2 is 1.89 bits per heavy atom. The number of nitrogens with one attached hydrogen (secondary N) is 1. The molecule has 0 heterocycles. The fourth-order valence-electron chi connectivity index (χ4n) is 1.74. The minimum atomic E-state index is -0.923. The minimum absolute atomic E-state index is 0.0350. The largest absolute Gasteiger partial charge is 0.491 e. The molecule has 1 rings (SSSR count). The van der Waals surface area contributed by atoms with Gasteiger partial charge in [-0.3, -0.25) is 0 Å². The molecular weight excluding hydrogens is 230 g/mol. The van der Waals surface area contributed by atoms with Crippen LogP contribution >= 0.6 is 0 Å². The number of para-hydroxylation sites is 1. The zero-order valence-electron chi connectivity index (χ0n) is 11.3. The number of hydrogen-bond donors (Lipinski definition) is 3. The SMILES string of the molecule is CNCCC(O)C(O)c1ccccc1OC(C)C. The lowest BCUT2D eigenvalue weighted by molar-refractivity contribution is 0.0119. The van der Waals surface area contributed by atoms with Gasteiger partial charge in [0.2, 0.25) is 0 Å². The lowest BCUT2D eigenvalue weighted by Gasteiger charge is -2.21. The molecule has 0 aliphatic heterocycles. The zero-order valence-corrected chi connectivity index (χ0v) is 11.3. The van der Waals surface area contributed by atoms with Crippen LogP contribution in [0, 0.1) is 0 Å². The molecule has 0 saturated carbocycles. The number of ether oxygens (including phenoxy) is 1. The topological polar surface area (TPSA) is 61.7 Å². The van der Waals surface area contributed by atoms with Gasteiger partial charge in [-0.15, -0.1) is 0 Å². The van der Waals surface area contributed by atoms with E-state index in [0.717, 1.165) is 0 Å². The lowest BCUT2D eigenvalue weighted by Crippen LogP contribution is -2.24. The Morgan fingerprint density at radius 1 is 1.22 bits per heavy atom. The average molecular weight is 253 g/mol. The van der Waals surface area contributed by atoms with E-state index in [1.165, 1.54) is 0 Å². The molecule has 2 atom stereocenters. The van der Waals surface area contributed by atoms with Crippen LogP contribution in [-0.2, 0) is 0 Å². The molecule has 0 radical (unpaired) electrons. The first-order valence-corrected chi connectivity index (χ1v) is 6.32. The molecule has 3 N–H and O–H groups in total. The van der Waals surface area contributed by atoms with Gasteiger partial charge < -0.3 is 20.3 Å². The molecule has 4 heteroatoms. The van der Waals surface area contributed by atoms with Crippen molar-refractivity contribution in [3.63, 3.8) is 0 Å². The van der Waals surface area contributed by atoms with Gasteiger partial charge >= 0.3 is 0 Å². The predicted octanol–water partition coefficient (Wildman–Crippen LogP) is 1.48. The zero-order chi connectivity index (χ0) is 13.5. The first kappa shape index (κ1) is 15.0. The van der Waals surface area contributed by atoms with Gasteiger partial charge in [-0.25, -0.2) is 0 Å². The van der Waals surface area contributed by atoms with Gasteiger partial charge in [-0.05, 0) is 39.9 Å². The molecule has 2 unspecified atom stereocenters. The summed E-state index contributed by atoms with van der Waals surface area (Å²) in [5.74, 6) is 0.628. The summed E-state index contributed by atoms with van der Waals surface area (Å²) in [5, 5.41) is 23.0. The third kappa shape index (κ3) is 4.29. The molecule has 0 bridgehead atoms. The Morgan fingerprint density at radius 3 is 2.50 bits per heavy atom. The maximum atomic E-state index is 10.2. The normalized spacial score (nSPS) is 14.6. The maximum Gasteiger partial charge on any atom is 0.125 e. The van der Waals surface area contributed by atoms with Crippen molar-refractivity contribution < 1.29 is 14.9 Å². The van der Waals surface area contributed by atoms with E-state index in [4.69, 9.17) is 4.74 Å². The summed E-state index contributed by atoms with van der Waals surface area (Å²) < 4.78 is 5.63. The van der Waals surface area contributed by atoms with Crippen molar-refractivity contribution in [2.75, 3.05) is 13.6 Å². The Bertz CT molecular complexity index is 355. The summed E-state index contributed by atoms with van der Waals surface area (Å²) >= 11 is 0. The Hall–Kier alpha value is -1.10. The Labute approximate surface area is 109 Å². The van der Waals surface area contributed by atoms with Crippen molar-refractivity contribution in [2.24, 2.45) is 0 Å². The Balaban J connectivity index is 2.80. The quantitative estimate of drug-likeness (QED) is 0.689. The van der Waals surface area contributed by atoms with E-state index in [1.54, 1.807) is 6.07 Å². The summed E-state index contributed by atoms with van der Waals surface area (Å²) in [5.41, 5.74) is 0.634. The van der Waals surface area contributed by atoms with Crippen LogP contribution in [0.5, 0.6) is 5.75 Å². The molecule has 0 aliphatic rings. The van der Waals surface area contributed by atoms with Crippen molar-refractivity contribution in [3.8, 4) is 5.75 Å². The second kappa shape index (κ2) is 7.36. The number of aliphatic hydroxyl groups is 2. The summed E-state index contributed by atoms with van der Waals surface area (Å²) in [6.45, 7) is 4.52. The smallest absolute Gasteiger partial charge is 0.125 e. The van der Waals surface area contributed by atoms with Crippen LogP contribution in [-0.4, -0.2) is 36.0 Å².